The Morgan fingerprint density at radius 2 is 1.58 bits per heavy atom. The third-order valence-corrected chi connectivity index (χ3v) is 13.0. The van der Waals surface area contributed by atoms with Crippen molar-refractivity contribution >= 4 is 69.0 Å². The minimum atomic E-state index is -1.03. The van der Waals surface area contributed by atoms with Gasteiger partial charge in [0.15, 0.2) is 0 Å². The number of nitrogens with zero attached hydrogens (tertiary/aromatic N) is 4. The number of carbonyl (C=O) groups excluding carboxylic acids is 5. The molecule has 0 bridgehead atoms. The zero-order valence-electron chi connectivity index (χ0n) is 38.9. The molecule has 0 radical (unpaired) electrons. The molecule has 69 heavy (non-hydrogen) atoms. The molecule has 1 aliphatic heterocycles. The van der Waals surface area contributed by atoms with Crippen molar-refractivity contribution < 1.29 is 29.1 Å². The molecular weight excluding hydrogens is 893 g/mol. The number of fused-ring (bicyclic) bond motifs is 1. The number of hydrogen-bond acceptors (Lipinski definition) is 11. The van der Waals surface area contributed by atoms with Crippen LogP contribution in [-0.2, 0) is 14.4 Å². The quantitative estimate of drug-likeness (QED) is 0.0535. The number of para-hydroxylation sites is 1. The molecule has 1 saturated heterocycles. The Bertz CT molecular complexity index is 3000. The minimum absolute atomic E-state index is 0.0299. The third-order valence-electron chi connectivity index (χ3n) is 12.0. The van der Waals surface area contributed by atoms with Crippen LogP contribution in [0.25, 0.3) is 32.6 Å². The number of anilines is 3. The van der Waals surface area contributed by atoms with E-state index < -0.39 is 47.2 Å². The number of aliphatic hydroxyl groups excluding tert-OH is 1. The first-order chi connectivity index (χ1) is 33.1. The summed E-state index contributed by atoms with van der Waals surface area (Å²) in [6.45, 7) is 9.15. The topological polar surface area (TPSA) is 223 Å². The number of H-pyrrole nitrogens is 1. The van der Waals surface area contributed by atoms with Gasteiger partial charge in [-0.3, -0.25) is 24.0 Å². The number of aliphatic hydroxyl groups is 1. The minimum Gasteiger partial charge on any atom is -0.391 e. The van der Waals surface area contributed by atoms with Crippen LogP contribution in [-0.4, -0.2) is 90.8 Å². The summed E-state index contributed by atoms with van der Waals surface area (Å²) in [5, 5.41) is 26.4. The van der Waals surface area contributed by atoms with Crippen molar-refractivity contribution in [2.24, 2.45) is 5.41 Å². The van der Waals surface area contributed by atoms with Crippen molar-refractivity contribution in [2.45, 2.75) is 71.7 Å². The molecule has 1 aliphatic rings. The molecule has 3 aromatic heterocycles. The molecule has 0 unspecified atom stereocenters. The summed E-state index contributed by atoms with van der Waals surface area (Å²) in [5.74, 6) is -1.62. The molecule has 4 atom stereocenters. The predicted octanol–water partition coefficient (Wildman–Crippen LogP) is 7.54. The van der Waals surface area contributed by atoms with Crippen LogP contribution >= 0.6 is 11.3 Å². The third kappa shape index (κ3) is 11.3. The largest absolute Gasteiger partial charge is 0.391 e. The molecule has 0 aliphatic carbocycles. The molecule has 7 aromatic rings. The summed E-state index contributed by atoms with van der Waals surface area (Å²) in [6, 6.07) is 28.7. The number of aryl methyl sites for hydroxylation is 1. The molecule has 4 aromatic carbocycles. The Labute approximate surface area is 403 Å². The van der Waals surface area contributed by atoms with Gasteiger partial charge in [0.1, 0.15) is 24.2 Å². The van der Waals surface area contributed by atoms with Crippen LogP contribution in [0.15, 0.2) is 121 Å². The normalized spacial score (nSPS) is 15.5. The highest BCUT2D eigenvalue weighted by Crippen LogP contribution is 2.31. The molecule has 17 heteroatoms. The molecule has 354 valence electrons. The molecule has 16 nitrogen and oxygen atoms in total. The van der Waals surface area contributed by atoms with Crippen LogP contribution in [0.4, 0.5) is 17.2 Å². The first kappa shape index (κ1) is 47.7. The number of nitrogens with one attached hydrogen (secondary N) is 6. The Morgan fingerprint density at radius 3 is 2.30 bits per heavy atom. The Kier molecular flexibility index (Phi) is 14.3. The summed E-state index contributed by atoms with van der Waals surface area (Å²) >= 11 is 1.56. The maximum atomic E-state index is 14.1. The van der Waals surface area contributed by atoms with Gasteiger partial charge in [-0.05, 0) is 78.9 Å². The lowest BCUT2D eigenvalue weighted by atomic mass is 9.85. The fourth-order valence-corrected chi connectivity index (χ4v) is 9.11. The van der Waals surface area contributed by atoms with Gasteiger partial charge in [-0.25, -0.2) is 15.0 Å². The predicted molar refractivity (Wildman–Crippen MR) is 267 cm³/mol. The van der Waals surface area contributed by atoms with Crippen molar-refractivity contribution in [1.82, 2.24) is 40.8 Å². The van der Waals surface area contributed by atoms with Crippen molar-refractivity contribution in [3.63, 3.8) is 0 Å². The van der Waals surface area contributed by atoms with Crippen LogP contribution in [0.1, 0.15) is 78.6 Å². The Balaban J connectivity index is 0.809. The molecule has 7 N–H and O–H groups in total. The van der Waals surface area contributed by atoms with Gasteiger partial charge in [0, 0.05) is 77.2 Å². The number of aromatic nitrogens is 4. The van der Waals surface area contributed by atoms with E-state index in [1.807, 2.05) is 80.7 Å². The molecule has 5 amide bonds. The van der Waals surface area contributed by atoms with E-state index in [-0.39, 0.29) is 43.4 Å². The van der Waals surface area contributed by atoms with Gasteiger partial charge in [0.25, 0.3) is 11.8 Å². The van der Waals surface area contributed by atoms with Crippen LogP contribution in [0.3, 0.4) is 0 Å². The second kappa shape index (κ2) is 20.6. The second-order valence-electron chi connectivity index (χ2n) is 18.2. The summed E-state index contributed by atoms with van der Waals surface area (Å²) in [5.41, 5.74) is 8.47. The van der Waals surface area contributed by atoms with Crippen LogP contribution in [0.5, 0.6) is 0 Å². The van der Waals surface area contributed by atoms with E-state index in [4.69, 9.17) is 0 Å². The number of carbonyl (C=O) groups is 5. The first-order valence-electron chi connectivity index (χ1n) is 22.6. The highest BCUT2D eigenvalue weighted by Gasteiger charge is 2.44. The van der Waals surface area contributed by atoms with Gasteiger partial charge in [0.05, 0.1) is 33.9 Å². The summed E-state index contributed by atoms with van der Waals surface area (Å²) in [7, 11) is 0. The maximum Gasteiger partial charge on any atom is 0.255 e. The Hall–Kier alpha value is -7.76. The van der Waals surface area contributed by atoms with Crippen molar-refractivity contribution in [1.29, 1.82) is 0 Å². The lowest BCUT2D eigenvalue weighted by Gasteiger charge is -2.35. The van der Waals surface area contributed by atoms with E-state index in [1.54, 1.807) is 55.8 Å². The number of amides is 5. The van der Waals surface area contributed by atoms with E-state index in [0.29, 0.717) is 22.8 Å². The van der Waals surface area contributed by atoms with Crippen LogP contribution < -0.4 is 26.6 Å². The zero-order valence-corrected chi connectivity index (χ0v) is 39.7. The number of thiazole rings is 1. The molecule has 4 heterocycles. The van der Waals surface area contributed by atoms with E-state index in [2.05, 4.69) is 46.5 Å². The number of hydrogen-bond donors (Lipinski definition) is 7. The first-order valence-corrected chi connectivity index (χ1v) is 23.5. The van der Waals surface area contributed by atoms with Gasteiger partial charge in [-0.15, -0.1) is 11.3 Å². The van der Waals surface area contributed by atoms with Crippen molar-refractivity contribution in [3.8, 4) is 21.7 Å². The molecule has 0 saturated carbocycles. The highest BCUT2D eigenvalue weighted by atomic mass is 32.1. The van der Waals surface area contributed by atoms with Gasteiger partial charge in [-0.1, -0.05) is 69.3 Å². The average Bonchev–Trinajstić information content (AvgIpc) is 4.08. The fourth-order valence-electron chi connectivity index (χ4n) is 8.30. The fraction of sp³-hybridized carbons (Fsp3) is 0.269. The standard InChI is InChI=1S/C52H54N10O6S/c1-30(32-13-15-33(16-14-32)46-31(2)57-29-69-46)58-50(67)43-24-38(63)27-62(43)51(68)47(52(3,4)5)61-45(64)21-22-53-48(65)34-17-19-35(20-18-34)49(66)60-37-10-8-9-36(23-37)59-44-25-42(55-28-56-44)40-26-54-41-12-7-6-11-39(40)41/h6-20,23,25-26,28-30,38,43,47,54,63H,21-22,24,27H2,1-5H3,(H,53,65)(H,58,67)(H,60,66)(H,61,64)(H,55,56,59)/t30-,38+,43-,47+/m0/s1. The van der Waals surface area contributed by atoms with E-state index in [0.717, 1.165) is 43.9 Å². The van der Waals surface area contributed by atoms with Gasteiger partial charge in [-0.2, -0.15) is 0 Å². The maximum absolute atomic E-state index is 14.1. The summed E-state index contributed by atoms with van der Waals surface area (Å²) < 4.78 is 0. The van der Waals surface area contributed by atoms with E-state index in [1.165, 1.54) is 35.5 Å². The van der Waals surface area contributed by atoms with Crippen molar-refractivity contribution in [3.05, 3.63) is 144 Å². The number of β-amino-alcohol motifs (C(OH)–C–C–N with tert-alkyl or cyclic N) is 1. The molecule has 0 spiro atoms. The second-order valence-corrected chi connectivity index (χ2v) is 19.0. The van der Waals surface area contributed by atoms with E-state index >= 15 is 0 Å². The lowest BCUT2D eigenvalue weighted by Crippen LogP contribution is -2.58. The Morgan fingerprint density at radius 1 is 0.855 bits per heavy atom. The summed E-state index contributed by atoms with van der Waals surface area (Å²) in [4.78, 5) is 86.3. The molecule has 8 rings (SSSR count). The average molecular weight is 947 g/mol. The van der Waals surface area contributed by atoms with Gasteiger partial charge < -0.3 is 41.6 Å². The number of benzene rings is 4. The number of rotatable bonds is 15. The van der Waals surface area contributed by atoms with Gasteiger partial charge >= 0.3 is 0 Å². The zero-order chi connectivity index (χ0) is 48.8. The molecule has 1 fully saturated rings. The number of aromatic amines is 1. The highest BCUT2D eigenvalue weighted by molar-refractivity contribution is 7.13. The van der Waals surface area contributed by atoms with Crippen molar-refractivity contribution in [2.75, 3.05) is 23.7 Å². The molecular formula is C52H54N10O6S. The smallest absolute Gasteiger partial charge is 0.255 e. The monoisotopic (exact) mass is 946 g/mol. The van der Waals surface area contributed by atoms with Crippen LogP contribution in [0.2, 0.25) is 0 Å². The van der Waals surface area contributed by atoms with Gasteiger partial charge in [0.2, 0.25) is 17.7 Å². The van der Waals surface area contributed by atoms with E-state index in [9.17, 15) is 29.1 Å². The lowest BCUT2D eigenvalue weighted by molar-refractivity contribution is -0.144. The number of likely N-dealkylation sites (tertiary alicyclic amines) is 1. The summed E-state index contributed by atoms with van der Waals surface area (Å²) in [6.07, 6.45) is 2.42. The van der Waals surface area contributed by atoms with Crippen LogP contribution in [0, 0.1) is 12.3 Å². The SMILES string of the molecule is Cc1ncsc1-c1ccc([C@H](C)NC(=O)[C@@H]2C[C@@H](O)CN2C(=O)[C@@H](NC(=O)CCNC(=O)c2ccc(C(=O)Nc3cccc(Nc4cc(-c5c[nH]c6ccccc56)ncn4)c3)cc2)C(C)(C)C)cc1.